The highest BCUT2D eigenvalue weighted by Gasteiger charge is 2.36. The maximum absolute atomic E-state index is 13.0. The molecule has 2 atom stereocenters. The summed E-state index contributed by atoms with van der Waals surface area (Å²) >= 11 is 0. The van der Waals surface area contributed by atoms with Crippen LogP contribution >= 0.6 is 0 Å². The number of nitrogens with one attached hydrogen (secondary N) is 2. The lowest BCUT2D eigenvalue weighted by atomic mass is 9.96. The van der Waals surface area contributed by atoms with Crippen LogP contribution in [0.2, 0.25) is 0 Å². The Morgan fingerprint density at radius 1 is 1.13 bits per heavy atom. The summed E-state index contributed by atoms with van der Waals surface area (Å²) in [4.78, 5) is 38.9. The van der Waals surface area contributed by atoms with Crippen molar-refractivity contribution in [3.63, 3.8) is 0 Å². The van der Waals surface area contributed by atoms with Crippen LogP contribution in [0.3, 0.4) is 0 Å². The summed E-state index contributed by atoms with van der Waals surface area (Å²) in [6.07, 6.45) is 1.14. The van der Waals surface area contributed by atoms with E-state index in [4.69, 9.17) is 0 Å². The largest absolute Gasteiger partial charge is 0.325 e. The standard InChI is InChI=1S/C24H29N3O3/c1-5-16(3)19-8-6-7-9-22(19)27-14-18(13-23(27)29)24(30)26-21-12-15(2)10-11-20(21)25-17(4)28/h6-12,16,18H,5,13-14H2,1-4H3,(H,25,28)(H,26,30). The van der Waals surface area contributed by atoms with Crippen molar-refractivity contribution in [2.45, 2.75) is 46.5 Å². The van der Waals surface area contributed by atoms with Crippen molar-refractivity contribution in [3.8, 4) is 0 Å². The zero-order valence-corrected chi connectivity index (χ0v) is 18.0. The molecule has 158 valence electrons. The van der Waals surface area contributed by atoms with Crippen LogP contribution in [-0.4, -0.2) is 24.3 Å². The highest BCUT2D eigenvalue weighted by atomic mass is 16.2. The number of hydrogen-bond acceptors (Lipinski definition) is 3. The zero-order chi connectivity index (χ0) is 21.8. The van der Waals surface area contributed by atoms with E-state index in [0.29, 0.717) is 23.8 Å². The van der Waals surface area contributed by atoms with E-state index in [-0.39, 0.29) is 24.1 Å². The van der Waals surface area contributed by atoms with Gasteiger partial charge in [0, 0.05) is 25.6 Å². The minimum Gasteiger partial charge on any atom is -0.325 e. The minimum absolute atomic E-state index is 0.0442. The molecule has 2 N–H and O–H groups in total. The second kappa shape index (κ2) is 9.11. The molecule has 1 fully saturated rings. The Balaban J connectivity index is 1.79. The first-order chi connectivity index (χ1) is 14.3. The number of carbonyl (C=O) groups excluding carboxylic acids is 3. The Morgan fingerprint density at radius 2 is 1.87 bits per heavy atom. The fraction of sp³-hybridized carbons (Fsp3) is 0.375. The van der Waals surface area contributed by atoms with Gasteiger partial charge in [-0.1, -0.05) is 38.1 Å². The Labute approximate surface area is 177 Å². The fourth-order valence-corrected chi connectivity index (χ4v) is 3.78. The number of benzene rings is 2. The lowest BCUT2D eigenvalue weighted by molar-refractivity contribution is -0.122. The number of hydrogen-bond donors (Lipinski definition) is 2. The monoisotopic (exact) mass is 407 g/mol. The van der Waals surface area contributed by atoms with E-state index in [1.165, 1.54) is 6.92 Å². The van der Waals surface area contributed by atoms with Gasteiger partial charge in [0.2, 0.25) is 17.7 Å². The summed E-state index contributed by atoms with van der Waals surface area (Å²) in [5, 5.41) is 5.64. The summed E-state index contributed by atoms with van der Waals surface area (Å²) in [6.45, 7) is 7.95. The molecule has 30 heavy (non-hydrogen) atoms. The van der Waals surface area contributed by atoms with Crippen LogP contribution in [0.25, 0.3) is 0 Å². The third-order valence-electron chi connectivity index (χ3n) is 5.61. The topological polar surface area (TPSA) is 78.5 Å². The number of amides is 3. The van der Waals surface area contributed by atoms with Crippen molar-refractivity contribution in [1.29, 1.82) is 0 Å². The Bertz CT molecular complexity index is 970. The molecule has 0 saturated carbocycles. The Morgan fingerprint density at radius 3 is 2.57 bits per heavy atom. The van der Waals surface area contributed by atoms with Crippen LogP contribution in [-0.2, 0) is 14.4 Å². The number of anilines is 3. The van der Waals surface area contributed by atoms with Gasteiger partial charge in [0.15, 0.2) is 0 Å². The molecule has 0 radical (unpaired) electrons. The van der Waals surface area contributed by atoms with E-state index < -0.39 is 5.92 Å². The highest BCUT2D eigenvalue weighted by Crippen LogP contribution is 2.34. The van der Waals surface area contributed by atoms with Gasteiger partial charge < -0.3 is 15.5 Å². The van der Waals surface area contributed by atoms with Crippen LogP contribution in [0.1, 0.15) is 50.7 Å². The van der Waals surface area contributed by atoms with Gasteiger partial charge in [-0.3, -0.25) is 14.4 Å². The van der Waals surface area contributed by atoms with E-state index in [1.54, 1.807) is 11.0 Å². The van der Waals surface area contributed by atoms with E-state index in [0.717, 1.165) is 23.2 Å². The summed E-state index contributed by atoms with van der Waals surface area (Å²) in [5.74, 6) is -0.595. The van der Waals surface area contributed by atoms with Crippen LogP contribution < -0.4 is 15.5 Å². The summed E-state index contributed by atoms with van der Waals surface area (Å²) in [6, 6.07) is 13.4. The Kier molecular flexibility index (Phi) is 6.55. The minimum atomic E-state index is -0.451. The van der Waals surface area contributed by atoms with Gasteiger partial charge in [-0.05, 0) is 48.6 Å². The highest BCUT2D eigenvalue weighted by molar-refractivity contribution is 6.05. The molecule has 0 aliphatic carbocycles. The molecule has 1 aliphatic heterocycles. The van der Waals surface area contributed by atoms with Gasteiger partial charge in [-0.15, -0.1) is 0 Å². The SMILES string of the molecule is CCC(C)c1ccccc1N1CC(C(=O)Nc2cc(C)ccc2NC(C)=O)CC1=O. The van der Waals surface area contributed by atoms with E-state index >= 15 is 0 Å². The molecule has 0 bridgehead atoms. The fourth-order valence-electron chi connectivity index (χ4n) is 3.78. The first-order valence-corrected chi connectivity index (χ1v) is 10.4. The van der Waals surface area contributed by atoms with Gasteiger partial charge in [-0.2, -0.15) is 0 Å². The summed E-state index contributed by atoms with van der Waals surface area (Å²) < 4.78 is 0. The molecule has 1 saturated heterocycles. The van der Waals surface area contributed by atoms with Crippen LogP contribution in [0.5, 0.6) is 0 Å². The molecule has 2 unspecified atom stereocenters. The lowest BCUT2D eigenvalue weighted by Crippen LogP contribution is -2.29. The molecule has 3 rings (SSSR count). The van der Waals surface area contributed by atoms with Gasteiger partial charge in [0.25, 0.3) is 0 Å². The molecule has 1 heterocycles. The van der Waals surface area contributed by atoms with Crippen molar-refractivity contribution < 1.29 is 14.4 Å². The second-order valence-electron chi connectivity index (χ2n) is 7.99. The second-order valence-corrected chi connectivity index (χ2v) is 7.99. The Hall–Kier alpha value is -3.15. The maximum atomic E-state index is 13.0. The first-order valence-electron chi connectivity index (χ1n) is 10.4. The van der Waals surface area contributed by atoms with Crippen LogP contribution in [0.4, 0.5) is 17.1 Å². The number of rotatable bonds is 6. The van der Waals surface area contributed by atoms with E-state index in [2.05, 4.69) is 30.5 Å². The lowest BCUT2D eigenvalue weighted by Gasteiger charge is -2.23. The van der Waals surface area contributed by atoms with Crippen molar-refractivity contribution in [1.82, 2.24) is 0 Å². The van der Waals surface area contributed by atoms with Gasteiger partial charge in [0.1, 0.15) is 0 Å². The van der Waals surface area contributed by atoms with Crippen molar-refractivity contribution in [3.05, 3.63) is 53.6 Å². The summed E-state index contributed by atoms with van der Waals surface area (Å²) in [7, 11) is 0. The predicted octanol–water partition coefficient (Wildman–Crippen LogP) is 4.46. The smallest absolute Gasteiger partial charge is 0.229 e. The molecule has 3 amide bonds. The number of carbonyl (C=O) groups is 3. The maximum Gasteiger partial charge on any atom is 0.229 e. The van der Waals surface area contributed by atoms with Gasteiger partial charge >= 0.3 is 0 Å². The van der Waals surface area contributed by atoms with Crippen LogP contribution in [0, 0.1) is 12.8 Å². The first kappa shape index (κ1) is 21.6. The zero-order valence-electron chi connectivity index (χ0n) is 18.0. The van der Waals surface area contributed by atoms with Crippen molar-refractivity contribution in [2.24, 2.45) is 5.92 Å². The molecule has 0 spiro atoms. The number of aryl methyl sites for hydroxylation is 1. The normalized spacial score (nSPS) is 17.0. The van der Waals surface area contributed by atoms with Crippen molar-refractivity contribution >= 4 is 34.8 Å². The molecule has 6 heteroatoms. The molecular formula is C24H29N3O3. The van der Waals surface area contributed by atoms with E-state index in [1.807, 2.05) is 37.3 Å². The number of para-hydroxylation sites is 1. The molecule has 2 aromatic carbocycles. The van der Waals surface area contributed by atoms with E-state index in [9.17, 15) is 14.4 Å². The van der Waals surface area contributed by atoms with Crippen LogP contribution in [0.15, 0.2) is 42.5 Å². The van der Waals surface area contributed by atoms with Gasteiger partial charge in [0.05, 0.1) is 17.3 Å². The predicted molar refractivity (Wildman–Crippen MR) is 120 cm³/mol. The third kappa shape index (κ3) is 4.70. The molecular weight excluding hydrogens is 378 g/mol. The number of nitrogens with zero attached hydrogens (tertiary/aromatic N) is 1. The average molecular weight is 408 g/mol. The molecule has 6 nitrogen and oxygen atoms in total. The molecule has 2 aromatic rings. The summed E-state index contributed by atoms with van der Waals surface area (Å²) in [5.41, 5.74) is 4.07. The molecule has 1 aliphatic rings. The quantitative estimate of drug-likeness (QED) is 0.742. The average Bonchev–Trinajstić information content (AvgIpc) is 3.11. The van der Waals surface area contributed by atoms with Gasteiger partial charge in [-0.25, -0.2) is 0 Å². The van der Waals surface area contributed by atoms with Crippen molar-refractivity contribution in [2.75, 3.05) is 22.1 Å². The third-order valence-corrected chi connectivity index (χ3v) is 5.61. The molecule has 0 aromatic heterocycles.